The van der Waals surface area contributed by atoms with E-state index >= 15 is 0 Å². The predicted molar refractivity (Wildman–Crippen MR) is 129 cm³/mol. The second-order valence-corrected chi connectivity index (χ2v) is 7.94. The Morgan fingerprint density at radius 2 is 0.667 bits per heavy atom. The topological polar surface area (TPSA) is 26.0 Å². The summed E-state index contributed by atoms with van der Waals surface area (Å²) in [6.07, 6.45) is 0. The van der Waals surface area contributed by atoms with E-state index in [2.05, 4.69) is 109 Å². The summed E-state index contributed by atoms with van der Waals surface area (Å²) in [4.78, 5) is 0. The third kappa shape index (κ3) is 2.53. The molecule has 30 heavy (non-hydrogen) atoms. The van der Waals surface area contributed by atoms with E-state index in [1.54, 1.807) is 0 Å². The summed E-state index contributed by atoms with van der Waals surface area (Å²) in [6, 6.07) is 38.6. The van der Waals surface area contributed by atoms with E-state index in [0.717, 1.165) is 0 Å². The summed E-state index contributed by atoms with van der Waals surface area (Å²) < 4.78 is 0. The molecule has 6 aromatic carbocycles. The van der Waals surface area contributed by atoms with Gasteiger partial charge in [0.25, 0.3) is 0 Å². The summed E-state index contributed by atoms with van der Waals surface area (Å²) in [7, 11) is 0. The lowest BCUT2D eigenvalue weighted by Gasteiger charge is -2.22. The van der Waals surface area contributed by atoms with E-state index in [1.165, 1.54) is 54.2 Å². The van der Waals surface area contributed by atoms with Gasteiger partial charge in [-0.2, -0.15) is 0 Å². The van der Waals surface area contributed by atoms with E-state index in [4.69, 9.17) is 5.73 Å². The fraction of sp³-hybridized carbons (Fsp3) is 0.0345. The van der Waals surface area contributed by atoms with Gasteiger partial charge in [0.05, 0.1) is 6.04 Å². The van der Waals surface area contributed by atoms with Crippen molar-refractivity contribution >= 4 is 43.1 Å². The molecule has 6 aromatic rings. The second-order valence-electron chi connectivity index (χ2n) is 7.94. The van der Waals surface area contributed by atoms with Gasteiger partial charge in [-0.05, 0) is 66.3 Å². The minimum Gasteiger partial charge on any atom is -0.320 e. The molecule has 0 unspecified atom stereocenters. The predicted octanol–water partition coefficient (Wildman–Crippen LogP) is 7.35. The molecule has 0 radical (unpaired) electrons. The van der Waals surface area contributed by atoms with E-state index in [-0.39, 0.29) is 6.04 Å². The van der Waals surface area contributed by atoms with Crippen molar-refractivity contribution in [3.05, 3.63) is 120 Å². The van der Waals surface area contributed by atoms with Crippen molar-refractivity contribution in [1.82, 2.24) is 0 Å². The van der Waals surface area contributed by atoms with Gasteiger partial charge in [0, 0.05) is 0 Å². The molecule has 0 fully saturated rings. The van der Waals surface area contributed by atoms with Gasteiger partial charge in [0.1, 0.15) is 0 Å². The third-order valence-corrected chi connectivity index (χ3v) is 6.25. The zero-order valence-corrected chi connectivity index (χ0v) is 16.5. The quantitative estimate of drug-likeness (QED) is 0.311. The van der Waals surface area contributed by atoms with Gasteiger partial charge in [-0.25, -0.2) is 0 Å². The molecule has 2 N–H and O–H groups in total. The number of rotatable bonds is 2. The van der Waals surface area contributed by atoms with Crippen LogP contribution in [0.25, 0.3) is 43.1 Å². The molecule has 0 bridgehead atoms. The van der Waals surface area contributed by atoms with Crippen LogP contribution in [0.3, 0.4) is 0 Å². The third-order valence-electron chi connectivity index (χ3n) is 6.25. The first-order valence-electron chi connectivity index (χ1n) is 10.4. The van der Waals surface area contributed by atoms with Crippen LogP contribution in [0.1, 0.15) is 17.2 Å². The van der Waals surface area contributed by atoms with Gasteiger partial charge in [0.15, 0.2) is 0 Å². The lowest BCUT2D eigenvalue weighted by Crippen LogP contribution is -2.14. The van der Waals surface area contributed by atoms with Crippen molar-refractivity contribution in [2.24, 2.45) is 5.73 Å². The van der Waals surface area contributed by atoms with Gasteiger partial charge >= 0.3 is 0 Å². The molecule has 0 saturated carbocycles. The van der Waals surface area contributed by atoms with Crippen molar-refractivity contribution in [2.75, 3.05) is 0 Å². The fourth-order valence-electron chi connectivity index (χ4n) is 4.91. The molecule has 0 spiro atoms. The lowest BCUT2D eigenvalue weighted by molar-refractivity contribution is 0.908. The maximum Gasteiger partial charge on any atom is 0.0576 e. The van der Waals surface area contributed by atoms with Crippen LogP contribution in [-0.4, -0.2) is 0 Å². The van der Waals surface area contributed by atoms with Gasteiger partial charge < -0.3 is 5.73 Å². The monoisotopic (exact) mass is 383 g/mol. The fourth-order valence-corrected chi connectivity index (χ4v) is 4.91. The summed E-state index contributed by atoms with van der Waals surface area (Å²) in [5.41, 5.74) is 9.58. The smallest absolute Gasteiger partial charge is 0.0576 e. The second kappa shape index (κ2) is 6.69. The molecule has 0 aliphatic rings. The summed E-state index contributed by atoms with van der Waals surface area (Å²) in [6.45, 7) is 0. The molecule has 0 amide bonds. The molecule has 0 saturated heterocycles. The highest BCUT2D eigenvalue weighted by Gasteiger charge is 2.20. The van der Waals surface area contributed by atoms with Crippen LogP contribution in [0.4, 0.5) is 0 Å². The summed E-state index contributed by atoms with van der Waals surface area (Å²) in [5.74, 6) is 0. The Balaban J connectivity index is 1.78. The zero-order valence-electron chi connectivity index (χ0n) is 16.5. The van der Waals surface area contributed by atoms with E-state index in [1.807, 2.05) is 0 Å². The standard InChI is InChI=1S/C29H21N/c30-29(27-23-13-5-1-9-19(23)17-20-10-2-6-14-24(20)27)28-25-15-7-3-11-21(25)18-22-12-4-8-16-26(22)28/h1-18,29H,30H2. The Morgan fingerprint density at radius 3 is 0.967 bits per heavy atom. The molecular formula is C29H21N. The van der Waals surface area contributed by atoms with Crippen LogP contribution in [-0.2, 0) is 0 Å². The zero-order chi connectivity index (χ0) is 20.1. The van der Waals surface area contributed by atoms with Gasteiger partial charge in [-0.3, -0.25) is 0 Å². The largest absolute Gasteiger partial charge is 0.320 e. The number of nitrogens with two attached hydrogens (primary N) is 1. The first kappa shape index (κ1) is 17.2. The Hall–Kier alpha value is -3.68. The van der Waals surface area contributed by atoms with Crippen LogP contribution < -0.4 is 5.73 Å². The van der Waals surface area contributed by atoms with Crippen molar-refractivity contribution in [3.8, 4) is 0 Å². The highest BCUT2D eigenvalue weighted by atomic mass is 14.6. The van der Waals surface area contributed by atoms with E-state index in [0.29, 0.717) is 0 Å². The average molecular weight is 383 g/mol. The minimum absolute atomic E-state index is 0.239. The van der Waals surface area contributed by atoms with Crippen LogP contribution in [0.5, 0.6) is 0 Å². The molecule has 1 heteroatoms. The molecule has 6 rings (SSSR count). The van der Waals surface area contributed by atoms with Crippen LogP contribution in [0.15, 0.2) is 109 Å². The molecule has 0 atom stereocenters. The van der Waals surface area contributed by atoms with Crippen LogP contribution in [0, 0.1) is 0 Å². The maximum absolute atomic E-state index is 7.18. The Morgan fingerprint density at radius 1 is 0.400 bits per heavy atom. The number of fused-ring (bicyclic) bond motifs is 4. The van der Waals surface area contributed by atoms with E-state index in [9.17, 15) is 0 Å². The highest BCUT2D eigenvalue weighted by molar-refractivity contribution is 6.07. The first-order valence-corrected chi connectivity index (χ1v) is 10.4. The van der Waals surface area contributed by atoms with E-state index < -0.39 is 0 Å². The van der Waals surface area contributed by atoms with Crippen LogP contribution in [0.2, 0.25) is 0 Å². The highest BCUT2D eigenvalue weighted by Crippen LogP contribution is 2.39. The van der Waals surface area contributed by atoms with Gasteiger partial charge in [-0.1, -0.05) is 97.1 Å². The number of benzene rings is 6. The molecular weight excluding hydrogens is 362 g/mol. The molecule has 0 heterocycles. The molecule has 0 aliphatic heterocycles. The Labute approximate surface area is 175 Å². The average Bonchev–Trinajstić information content (AvgIpc) is 2.80. The van der Waals surface area contributed by atoms with Crippen molar-refractivity contribution in [1.29, 1.82) is 0 Å². The number of hydrogen-bond donors (Lipinski definition) is 1. The summed E-state index contributed by atoms with van der Waals surface area (Å²) >= 11 is 0. The molecule has 142 valence electrons. The van der Waals surface area contributed by atoms with Crippen molar-refractivity contribution in [3.63, 3.8) is 0 Å². The van der Waals surface area contributed by atoms with Gasteiger partial charge in [0.2, 0.25) is 0 Å². The van der Waals surface area contributed by atoms with Crippen molar-refractivity contribution < 1.29 is 0 Å². The molecule has 0 aromatic heterocycles. The lowest BCUT2D eigenvalue weighted by atomic mass is 9.85. The van der Waals surface area contributed by atoms with Gasteiger partial charge in [-0.15, -0.1) is 0 Å². The SMILES string of the molecule is NC(c1c2ccccc2cc2ccccc12)c1c2ccccc2cc2ccccc12. The molecule has 0 aliphatic carbocycles. The van der Waals surface area contributed by atoms with Crippen LogP contribution >= 0.6 is 0 Å². The minimum atomic E-state index is -0.239. The van der Waals surface area contributed by atoms with Crippen molar-refractivity contribution in [2.45, 2.75) is 6.04 Å². The maximum atomic E-state index is 7.18. The first-order chi connectivity index (χ1) is 14.8. The Bertz CT molecular complexity index is 1330. The number of hydrogen-bond acceptors (Lipinski definition) is 1. The normalized spacial score (nSPS) is 11.8. The Kier molecular flexibility index (Phi) is 3.83. The summed E-state index contributed by atoms with van der Waals surface area (Å²) in [5, 5.41) is 9.80. The molecule has 1 nitrogen and oxygen atoms in total.